The summed E-state index contributed by atoms with van der Waals surface area (Å²) in [5, 5.41) is 15.3. The highest BCUT2D eigenvalue weighted by molar-refractivity contribution is 5.92. The van der Waals surface area contributed by atoms with E-state index in [-0.39, 0.29) is 12.5 Å². The average Bonchev–Trinajstić information content (AvgIpc) is 2.91. The topological polar surface area (TPSA) is 76.8 Å². The van der Waals surface area contributed by atoms with Crippen molar-refractivity contribution in [1.82, 2.24) is 14.7 Å². The first-order valence-electron chi connectivity index (χ1n) is 8.87. The number of nitrogens with zero attached hydrogens (tertiary/aromatic N) is 3. The molecule has 1 aromatic heterocycles. The number of rotatable bonds is 7. The molecule has 1 N–H and O–H groups in total. The third-order valence-corrected chi connectivity index (χ3v) is 5.08. The summed E-state index contributed by atoms with van der Waals surface area (Å²) in [6.45, 7) is 10.7. The fraction of sp³-hybridized carbons (Fsp3) is 0.778. The van der Waals surface area contributed by atoms with Gasteiger partial charge in [0, 0.05) is 32.2 Å². The Kier molecular flexibility index (Phi) is 6.24. The Hall–Kier alpha value is -1.44. The van der Waals surface area contributed by atoms with Crippen LogP contribution in [0.2, 0.25) is 0 Å². The van der Waals surface area contributed by atoms with Crippen molar-refractivity contribution in [3.8, 4) is 0 Å². The molecule has 0 unspecified atom stereocenters. The molecule has 0 aromatic carbocycles. The summed E-state index contributed by atoms with van der Waals surface area (Å²) >= 11 is 0. The highest BCUT2D eigenvalue weighted by Crippen LogP contribution is 2.39. The van der Waals surface area contributed by atoms with Gasteiger partial charge in [-0.1, -0.05) is 13.8 Å². The normalized spacial score (nSPS) is 23.0. The van der Waals surface area contributed by atoms with Crippen LogP contribution in [0.3, 0.4) is 0 Å². The lowest BCUT2D eigenvalue weighted by Crippen LogP contribution is -2.60. The lowest BCUT2D eigenvalue weighted by atomic mass is 9.70. The first kappa shape index (κ1) is 19.9. The predicted molar refractivity (Wildman–Crippen MR) is 94.6 cm³/mol. The standard InChI is InChI=1S/C18H31N3O4/c1-6-25-10-9-21-15(11-14(2)19-21)16(22)20-8-7-18(23,13-24-5)17(3,4)12-20/h11,23H,6-10,12-13H2,1-5H3/t18-/m1/s1. The number of hydrogen-bond acceptors (Lipinski definition) is 5. The molecule has 7 heteroatoms. The Bertz CT molecular complexity index is 599. The van der Waals surface area contributed by atoms with Crippen LogP contribution in [-0.4, -0.2) is 71.3 Å². The van der Waals surface area contributed by atoms with E-state index in [1.54, 1.807) is 16.7 Å². The van der Waals surface area contributed by atoms with Crippen molar-refractivity contribution in [3.63, 3.8) is 0 Å². The molecule has 0 aliphatic carbocycles. The summed E-state index contributed by atoms with van der Waals surface area (Å²) in [6.07, 6.45) is 0.492. The first-order chi connectivity index (χ1) is 11.7. The number of aliphatic hydroxyl groups is 1. The molecule has 7 nitrogen and oxygen atoms in total. The van der Waals surface area contributed by atoms with E-state index in [0.29, 0.717) is 45.0 Å². The van der Waals surface area contributed by atoms with Crippen LogP contribution in [0.15, 0.2) is 6.07 Å². The minimum atomic E-state index is -0.927. The van der Waals surface area contributed by atoms with Crippen LogP contribution in [-0.2, 0) is 16.0 Å². The molecule has 1 aliphatic rings. The monoisotopic (exact) mass is 353 g/mol. The Labute approximate surface area is 149 Å². The molecule has 0 radical (unpaired) electrons. The minimum Gasteiger partial charge on any atom is -0.387 e. The number of aromatic nitrogens is 2. The van der Waals surface area contributed by atoms with Crippen LogP contribution in [0.5, 0.6) is 0 Å². The van der Waals surface area contributed by atoms with Gasteiger partial charge in [0.15, 0.2) is 0 Å². The summed E-state index contributed by atoms with van der Waals surface area (Å²) in [5.74, 6) is -0.0513. The van der Waals surface area contributed by atoms with Crippen molar-refractivity contribution in [2.24, 2.45) is 5.41 Å². The third-order valence-electron chi connectivity index (χ3n) is 5.08. The van der Waals surface area contributed by atoms with Gasteiger partial charge in [-0.15, -0.1) is 0 Å². The van der Waals surface area contributed by atoms with E-state index < -0.39 is 11.0 Å². The largest absolute Gasteiger partial charge is 0.387 e. The smallest absolute Gasteiger partial charge is 0.272 e. The molecule has 0 spiro atoms. The Morgan fingerprint density at radius 1 is 1.44 bits per heavy atom. The molecule has 2 heterocycles. The fourth-order valence-corrected chi connectivity index (χ4v) is 3.39. The van der Waals surface area contributed by atoms with Gasteiger partial charge < -0.3 is 19.5 Å². The molecule has 0 saturated carbocycles. The lowest BCUT2D eigenvalue weighted by Gasteiger charge is -2.49. The maximum Gasteiger partial charge on any atom is 0.272 e. The number of piperidine rings is 1. The maximum absolute atomic E-state index is 13.0. The number of amides is 1. The fourth-order valence-electron chi connectivity index (χ4n) is 3.39. The number of ether oxygens (including phenoxy) is 2. The second-order valence-corrected chi connectivity index (χ2v) is 7.42. The first-order valence-corrected chi connectivity index (χ1v) is 8.87. The van der Waals surface area contributed by atoms with Crippen molar-refractivity contribution in [2.75, 3.05) is 40.0 Å². The van der Waals surface area contributed by atoms with Crippen molar-refractivity contribution in [3.05, 3.63) is 17.5 Å². The quantitative estimate of drug-likeness (QED) is 0.752. The van der Waals surface area contributed by atoms with E-state index in [1.165, 1.54) is 0 Å². The van der Waals surface area contributed by atoms with Crippen molar-refractivity contribution in [2.45, 2.75) is 46.3 Å². The average molecular weight is 353 g/mol. The number of methoxy groups -OCH3 is 1. The molecule has 1 atom stereocenters. The summed E-state index contributed by atoms with van der Waals surface area (Å²) in [7, 11) is 1.59. The highest BCUT2D eigenvalue weighted by atomic mass is 16.5. The van der Waals surface area contributed by atoms with Crippen molar-refractivity contribution >= 4 is 5.91 Å². The SMILES string of the molecule is CCOCCn1nc(C)cc1C(=O)N1CC[C@@](O)(COC)C(C)(C)C1. The van der Waals surface area contributed by atoms with Gasteiger partial charge in [0.1, 0.15) is 5.69 Å². The Morgan fingerprint density at radius 3 is 2.76 bits per heavy atom. The summed E-state index contributed by atoms with van der Waals surface area (Å²) < 4.78 is 12.3. The Balaban J connectivity index is 2.14. The van der Waals surface area contributed by atoms with E-state index in [9.17, 15) is 9.90 Å². The van der Waals surface area contributed by atoms with Crippen LogP contribution in [0, 0.1) is 12.3 Å². The number of aryl methyl sites for hydroxylation is 1. The summed E-state index contributed by atoms with van der Waals surface area (Å²) in [4.78, 5) is 14.8. The lowest BCUT2D eigenvalue weighted by molar-refractivity contribution is -0.144. The van der Waals surface area contributed by atoms with Crippen LogP contribution >= 0.6 is 0 Å². The molecule has 0 bridgehead atoms. The molecule has 1 aliphatic heterocycles. The molecule has 1 amide bonds. The van der Waals surface area contributed by atoms with E-state index in [2.05, 4.69) is 5.10 Å². The van der Waals surface area contributed by atoms with Gasteiger partial charge in [-0.3, -0.25) is 9.48 Å². The van der Waals surface area contributed by atoms with E-state index in [4.69, 9.17) is 9.47 Å². The zero-order valence-corrected chi connectivity index (χ0v) is 16.0. The summed E-state index contributed by atoms with van der Waals surface area (Å²) in [6, 6.07) is 1.82. The molecule has 25 heavy (non-hydrogen) atoms. The third kappa shape index (κ3) is 4.22. The van der Waals surface area contributed by atoms with E-state index >= 15 is 0 Å². The minimum absolute atomic E-state index is 0.0513. The zero-order valence-electron chi connectivity index (χ0n) is 16.0. The number of hydrogen-bond donors (Lipinski definition) is 1. The molecule has 142 valence electrons. The zero-order chi connectivity index (χ0) is 18.7. The van der Waals surface area contributed by atoms with Crippen LogP contribution < -0.4 is 0 Å². The Morgan fingerprint density at radius 2 is 2.16 bits per heavy atom. The summed E-state index contributed by atoms with van der Waals surface area (Å²) in [5.41, 5.74) is 0.00315. The van der Waals surface area contributed by atoms with Gasteiger partial charge in [-0.25, -0.2) is 0 Å². The van der Waals surface area contributed by atoms with Crippen molar-refractivity contribution in [1.29, 1.82) is 0 Å². The number of carbonyl (C=O) groups excluding carboxylic acids is 1. The number of likely N-dealkylation sites (tertiary alicyclic amines) is 1. The van der Waals surface area contributed by atoms with Gasteiger partial charge >= 0.3 is 0 Å². The van der Waals surface area contributed by atoms with Crippen LogP contribution in [0.1, 0.15) is 43.4 Å². The van der Waals surface area contributed by atoms with Crippen LogP contribution in [0.25, 0.3) is 0 Å². The highest BCUT2D eigenvalue weighted by Gasteiger charge is 2.48. The maximum atomic E-state index is 13.0. The van der Waals surface area contributed by atoms with Gasteiger partial charge in [0.05, 0.1) is 31.1 Å². The molecule has 2 rings (SSSR count). The van der Waals surface area contributed by atoms with Crippen LogP contribution in [0.4, 0.5) is 0 Å². The molecule has 1 saturated heterocycles. The van der Waals surface area contributed by atoms with Gasteiger partial charge in [0.25, 0.3) is 5.91 Å². The second kappa shape index (κ2) is 7.85. The predicted octanol–water partition coefficient (Wildman–Crippen LogP) is 1.48. The molecular weight excluding hydrogens is 322 g/mol. The van der Waals surface area contributed by atoms with E-state index in [0.717, 1.165) is 5.69 Å². The molecular formula is C18H31N3O4. The molecule has 1 fully saturated rings. The number of carbonyl (C=O) groups is 1. The van der Waals surface area contributed by atoms with E-state index in [1.807, 2.05) is 33.8 Å². The van der Waals surface area contributed by atoms with Gasteiger partial charge in [0.2, 0.25) is 0 Å². The van der Waals surface area contributed by atoms with Gasteiger partial charge in [-0.2, -0.15) is 5.10 Å². The second-order valence-electron chi connectivity index (χ2n) is 7.42. The van der Waals surface area contributed by atoms with Crippen molar-refractivity contribution < 1.29 is 19.4 Å². The molecule has 1 aromatic rings. The van der Waals surface area contributed by atoms with Gasteiger partial charge in [-0.05, 0) is 26.3 Å².